The SMILES string of the molecule is N=C(CC(=O)C(F)(F)F)CC(F)(F)F. The van der Waals surface area contributed by atoms with Gasteiger partial charge < -0.3 is 5.41 Å². The minimum atomic E-state index is -5.18. The zero-order chi connectivity index (χ0) is 11.6. The highest BCUT2D eigenvalue weighted by atomic mass is 19.4. The summed E-state index contributed by atoms with van der Waals surface area (Å²) in [7, 11) is 0. The van der Waals surface area contributed by atoms with Crippen molar-refractivity contribution in [3.8, 4) is 0 Å². The van der Waals surface area contributed by atoms with Gasteiger partial charge >= 0.3 is 12.4 Å². The Balaban J connectivity index is 4.16. The van der Waals surface area contributed by atoms with E-state index in [4.69, 9.17) is 5.41 Å². The van der Waals surface area contributed by atoms with Crippen LogP contribution in [0.5, 0.6) is 0 Å². The van der Waals surface area contributed by atoms with Crippen molar-refractivity contribution in [1.29, 1.82) is 5.41 Å². The monoisotopic (exact) mass is 221 g/mol. The molecule has 0 saturated heterocycles. The van der Waals surface area contributed by atoms with Gasteiger partial charge in [-0.3, -0.25) is 4.79 Å². The fourth-order valence-electron chi connectivity index (χ4n) is 0.598. The van der Waals surface area contributed by atoms with Gasteiger partial charge in [-0.25, -0.2) is 0 Å². The fraction of sp³-hybridized carbons (Fsp3) is 0.667. The van der Waals surface area contributed by atoms with Crippen LogP contribution >= 0.6 is 0 Å². The van der Waals surface area contributed by atoms with Gasteiger partial charge in [-0.1, -0.05) is 0 Å². The van der Waals surface area contributed by atoms with Gasteiger partial charge in [0.25, 0.3) is 0 Å². The van der Waals surface area contributed by atoms with Crippen LogP contribution in [-0.4, -0.2) is 23.8 Å². The Morgan fingerprint density at radius 2 is 1.50 bits per heavy atom. The van der Waals surface area contributed by atoms with Crippen molar-refractivity contribution in [2.24, 2.45) is 0 Å². The normalized spacial score (nSPS) is 12.7. The van der Waals surface area contributed by atoms with Gasteiger partial charge in [0, 0.05) is 5.71 Å². The Bertz CT molecular complexity index is 240. The highest BCUT2D eigenvalue weighted by Gasteiger charge is 2.40. The van der Waals surface area contributed by atoms with E-state index in [-0.39, 0.29) is 0 Å². The number of alkyl halides is 6. The molecule has 8 heteroatoms. The third-order valence-electron chi connectivity index (χ3n) is 1.10. The molecule has 2 nitrogen and oxygen atoms in total. The Kier molecular flexibility index (Phi) is 3.66. The molecule has 0 aliphatic heterocycles. The number of halogens is 6. The summed E-state index contributed by atoms with van der Waals surface area (Å²) in [4.78, 5) is 10.1. The van der Waals surface area contributed by atoms with Crippen LogP contribution in [0.4, 0.5) is 26.3 Å². The number of hydrogen-bond donors (Lipinski definition) is 1. The molecule has 0 aliphatic carbocycles. The zero-order valence-electron chi connectivity index (χ0n) is 6.59. The predicted octanol–water partition coefficient (Wildman–Crippen LogP) is 2.48. The average Bonchev–Trinajstić information content (AvgIpc) is 1.79. The number of carbonyl (C=O) groups excluding carboxylic acids is 1. The van der Waals surface area contributed by atoms with Crippen molar-refractivity contribution >= 4 is 11.5 Å². The topological polar surface area (TPSA) is 40.9 Å². The molecule has 0 bridgehead atoms. The maximum atomic E-state index is 11.5. The molecule has 1 N–H and O–H groups in total. The highest BCUT2D eigenvalue weighted by molar-refractivity contribution is 6.02. The Labute approximate surface area is 74.4 Å². The summed E-state index contributed by atoms with van der Waals surface area (Å²) >= 11 is 0. The van der Waals surface area contributed by atoms with E-state index in [1.165, 1.54) is 0 Å². The number of ketones is 1. The first-order valence-corrected chi connectivity index (χ1v) is 3.25. The number of carbonyl (C=O) groups is 1. The summed E-state index contributed by atoms with van der Waals surface area (Å²) in [5.74, 6) is -2.34. The number of rotatable bonds is 3. The van der Waals surface area contributed by atoms with Crippen LogP contribution in [0.15, 0.2) is 0 Å². The van der Waals surface area contributed by atoms with E-state index in [2.05, 4.69) is 0 Å². The molecule has 0 aromatic carbocycles. The summed E-state index contributed by atoms with van der Waals surface area (Å²) in [5, 5.41) is 6.51. The summed E-state index contributed by atoms with van der Waals surface area (Å²) < 4.78 is 69.1. The largest absolute Gasteiger partial charge is 0.450 e. The minimum absolute atomic E-state index is 1.29. The van der Waals surface area contributed by atoms with Crippen LogP contribution in [0.25, 0.3) is 0 Å². The van der Waals surface area contributed by atoms with Crippen molar-refractivity contribution < 1.29 is 31.1 Å². The van der Waals surface area contributed by atoms with Crippen LogP contribution < -0.4 is 0 Å². The molecule has 0 spiro atoms. The zero-order valence-corrected chi connectivity index (χ0v) is 6.59. The van der Waals surface area contributed by atoms with Gasteiger partial charge in [0.15, 0.2) is 0 Å². The predicted molar refractivity (Wildman–Crippen MR) is 34.1 cm³/mol. The van der Waals surface area contributed by atoms with Crippen LogP contribution in [0.1, 0.15) is 12.8 Å². The number of Topliss-reactive ketones (excluding diaryl/α,β-unsaturated/α-hetero) is 1. The van der Waals surface area contributed by atoms with Gasteiger partial charge in [-0.15, -0.1) is 0 Å². The third-order valence-corrected chi connectivity index (χ3v) is 1.10. The van der Waals surface area contributed by atoms with Crippen molar-refractivity contribution in [2.45, 2.75) is 25.2 Å². The second kappa shape index (κ2) is 3.97. The molecule has 0 rings (SSSR count). The van der Waals surface area contributed by atoms with E-state index in [1.807, 2.05) is 0 Å². The minimum Gasteiger partial charge on any atom is -0.309 e. The van der Waals surface area contributed by atoms with Crippen LogP contribution in [0.3, 0.4) is 0 Å². The van der Waals surface area contributed by atoms with E-state index in [9.17, 15) is 31.1 Å². The maximum absolute atomic E-state index is 11.5. The standard InChI is InChI=1S/C6H5F6NO/c7-5(8,9)2-3(13)1-4(14)6(10,11)12/h13H,1-2H2. The van der Waals surface area contributed by atoms with E-state index in [0.29, 0.717) is 0 Å². The molecule has 0 amide bonds. The Hall–Kier alpha value is -1.08. The second-order valence-corrected chi connectivity index (χ2v) is 2.49. The van der Waals surface area contributed by atoms with Crippen molar-refractivity contribution in [1.82, 2.24) is 0 Å². The van der Waals surface area contributed by atoms with Gasteiger partial charge in [0.2, 0.25) is 5.78 Å². The van der Waals surface area contributed by atoms with E-state index in [0.717, 1.165) is 0 Å². The van der Waals surface area contributed by atoms with Gasteiger partial charge in [0.1, 0.15) is 0 Å². The van der Waals surface area contributed by atoms with Gasteiger partial charge in [0.05, 0.1) is 12.8 Å². The molecule has 0 saturated carbocycles. The average molecular weight is 221 g/mol. The molecule has 0 fully saturated rings. The lowest BCUT2D eigenvalue weighted by molar-refractivity contribution is -0.169. The summed E-state index contributed by atoms with van der Waals surface area (Å²) in [6.07, 6.45) is -13.3. The first kappa shape index (κ1) is 12.9. The van der Waals surface area contributed by atoms with Crippen molar-refractivity contribution in [3.05, 3.63) is 0 Å². The molecule has 0 aliphatic rings. The molecule has 0 heterocycles. The van der Waals surface area contributed by atoms with Crippen LogP contribution in [0.2, 0.25) is 0 Å². The van der Waals surface area contributed by atoms with Crippen molar-refractivity contribution in [2.75, 3.05) is 0 Å². The molecule has 82 valence electrons. The molecular formula is C6H5F6NO. The fourth-order valence-corrected chi connectivity index (χ4v) is 0.598. The number of nitrogens with one attached hydrogen (secondary N) is 1. The molecule has 14 heavy (non-hydrogen) atoms. The lowest BCUT2D eigenvalue weighted by Crippen LogP contribution is -2.26. The maximum Gasteiger partial charge on any atom is 0.450 e. The second-order valence-electron chi connectivity index (χ2n) is 2.49. The number of hydrogen-bond acceptors (Lipinski definition) is 2. The van der Waals surface area contributed by atoms with Crippen molar-refractivity contribution in [3.63, 3.8) is 0 Å². The summed E-state index contributed by atoms with van der Waals surface area (Å²) in [6, 6.07) is 0. The van der Waals surface area contributed by atoms with Gasteiger partial charge in [-0.2, -0.15) is 26.3 Å². The quantitative estimate of drug-likeness (QED) is 0.577. The molecular weight excluding hydrogens is 216 g/mol. The molecule has 0 unspecified atom stereocenters. The first-order chi connectivity index (χ1) is 6.02. The van der Waals surface area contributed by atoms with Crippen LogP contribution in [0, 0.1) is 5.41 Å². The lowest BCUT2D eigenvalue weighted by Gasteiger charge is -2.08. The van der Waals surface area contributed by atoms with Crippen LogP contribution in [-0.2, 0) is 4.79 Å². The summed E-state index contributed by atoms with van der Waals surface area (Å²) in [6.45, 7) is 0. The Morgan fingerprint density at radius 1 is 1.07 bits per heavy atom. The Morgan fingerprint density at radius 3 is 1.79 bits per heavy atom. The lowest BCUT2D eigenvalue weighted by atomic mass is 10.1. The van der Waals surface area contributed by atoms with E-state index in [1.54, 1.807) is 0 Å². The first-order valence-electron chi connectivity index (χ1n) is 3.25. The van der Waals surface area contributed by atoms with Gasteiger partial charge in [-0.05, 0) is 0 Å². The molecule has 0 aromatic rings. The highest BCUT2D eigenvalue weighted by Crippen LogP contribution is 2.23. The molecule has 0 aromatic heterocycles. The van der Waals surface area contributed by atoms with E-state index >= 15 is 0 Å². The molecule has 0 atom stereocenters. The third kappa shape index (κ3) is 5.55. The molecule has 0 radical (unpaired) electrons. The van der Waals surface area contributed by atoms with E-state index < -0.39 is 36.7 Å². The summed E-state index contributed by atoms with van der Waals surface area (Å²) in [5.41, 5.74) is -1.29. The smallest absolute Gasteiger partial charge is 0.309 e.